The van der Waals surface area contributed by atoms with Gasteiger partial charge in [0.1, 0.15) is 0 Å². The molecule has 3 heteroatoms. The van der Waals surface area contributed by atoms with Gasteiger partial charge in [0, 0.05) is 13.2 Å². The van der Waals surface area contributed by atoms with E-state index in [-0.39, 0.29) is 13.2 Å². The van der Waals surface area contributed by atoms with Crippen LogP contribution in [-0.2, 0) is 4.74 Å². The molecule has 3 nitrogen and oxygen atoms in total. The molecule has 49 heavy (non-hydrogen) atoms. The van der Waals surface area contributed by atoms with Crippen molar-refractivity contribution in [1.29, 1.82) is 0 Å². The van der Waals surface area contributed by atoms with Crippen molar-refractivity contribution in [2.24, 2.45) is 0 Å². The van der Waals surface area contributed by atoms with E-state index in [0.717, 1.165) is 13.2 Å². The minimum Gasteiger partial charge on any atom is -0.394 e. The topological polar surface area (TPSA) is 49.7 Å². The molecule has 0 saturated heterocycles. The van der Waals surface area contributed by atoms with E-state index in [0.29, 0.717) is 0 Å². The molecule has 0 aliphatic carbocycles. The second-order valence-corrected chi connectivity index (χ2v) is 9.84. The summed E-state index contributed by atoms with van der Waals surface area (Å²) in [7, 11) is 0. The first-order valence-electron chi connectivity index (χ1n) is 19.1. The molecule has 0 bridgehead atoms. The highest BCUT2D eigenvalue weighted by Gasteiger charge is 1.96. The van der Waals surface area contributed by atoms with Crippen LogP contribution >= 0.6 is 0 Å². The molecule has 0 atom stereocenters. The number of rotatable bonds is 27. The molecule has 0 fully saturated rings. The van der Waals surface area contributed by atoms with Crippen LogP contribution in [0.25, 0.3) is 0 Å². The maximum atomic E-state index is 7.62. The van der Waals surface area contributed by atoms with E-state index >= 15 is 0 Å². The molecule has 298 valence electrons. The summed E-state index contributed by atoms with van der Waals surface area (Å²) < 4.78 is 5.82. The lowest BCUT2D eigenvalue weighted by Crippen LogP contribution is -1.97. The quantitative estimate of drug-likeness (QED) is 0.0664. The summed E-state index contributed by atoms with van der Waals surface area (Å²) in [6.07, 6.45) is 34.1. The molecule has 0 aromatic carbocycles. The predicted octanol–water partition coefficient (Wildman–Crippen LogP) is 15.8. The molecule has 0 aliphatic rings. The van der Waals surface area contributed by atoms with Crippen LogP contribution in [0.1, 0.15) is 168 Å². The van der Waals surface area contributed by atoms with Gasteiger partial charge in [-0.25, -0.2) is 0 Å². The van der Waals surface area contributed by atoms with E-state index < -0.39 is 0 Å². The Morgan fingerprint density at radius 1 is 0.265 bits per heavy atom. The summed E-state index contributed by atoms with van der Waals surface area (Å²) in [5.41, 5.74) is 0. The van der Waals surface area contributed by atoms with Crippen molar-refractivity contribution in [3.63, 3.8) is 0 Å². The first-order valence-corrected chi connectivity index (χ1v) is 19.1. The van der Waals surface area contributed by atoms with Crippen LogP contribution in [0.3, 0.4) is 0 Å². The van der Waals surface area contributed by atoms with Gasteiger partial charge in [-0.2, -0.15) is 0 Å². The van der Waals surface area contributed by atoms with Crippen LogP contribution in [0.15, 0.2) is 105 Å². The molecule has 0 rings (SSSR count). The van der Waals surface area contributed by atoms with Gasteiger partial charge in [-0.3, -0.25) is 0 Å². The summed E-state index contributed by atoms with van der Waals surface area (Å²) in [5.74, 6) is 0. The van der Waals surface area contributed by atoms with Crippen LogP contribution in [0, 0.1) is 0 Å². The lowest BCUT2D eigenvalue weighted by Gasteiger charge is -2.05. The molecule has 0 aliphatic heterocycles. The predicted molar refractivity (Wildman–Crippen MR) is 237 cm³/mol. The Hall–Kier alpha value is -2.20. The minimum absolute atomic E-state index is 0.125. The van der Waals surface area contributed by atoms with Crippen molar-refractivity contribution in [1.82, 2.24) is 0 Å². The molecule has 0 spiro atoms. The van der Waals surface area contributed by atoms with Crippen LogP contribution in [0.4, 0.5) is 0 Å². The normalized spacial score (nSPS) is 8.00. The summed E-state index contributed by atoms with van der Waals surface area (Å²) in [6, 6.07) is 0. The zero-order valence-electron chi connectivity index (χ0n) is 34.4. The molecule has 2 N–H and O–H groups in total. The van der Waals surface area contributed by atoms with Gasteiger partial charge in [-0.15, -0.1) is 105 Å². The molecular weight excluding hydrogens is 601 g/mol. The number of unbranched alkanes of at least 4 members (excludes halogenated alkanes) is 22. The van der Waals surface area contributed by atoms with Gasteiger partial charge in [0.05, 0.1) is 13.2 Å². The van der Waals surface area contributed by atoms with Gasteiger partial charge in [0.15, 0.2) is 0 Å². The van der Waals surface area contributed by atoms with Gasteiger partial charge in [-0.05, 0) is 12.8 Å². The summed E-state index contributed by atoms with van der Waals surface area (Å²) in [6.45, 7) is 54.3. The highest BCUT2D eigenvalue weighted by Crippen LogP contribution is 2.13. The lowest BCUT2D eigenvalue weighted by atomic mass is 10.1. The van der Waals surface area contributed by atoms with E-state index in [1.165, 1.54) is 154 Å². The molecule has 0 aromatic rings. The number of aliphatic hydroxyl groups excluding tert-OH is 2. The number of ether oxygens (including phenoxy) is 1. The van der Waals surface area contributed by atoms with Crippen molar-refractivity contribution in [2.45, 2.75) is 168 Å². The standard InChI is InChI=1S/C28H58O.C2H6O2.8C2H4/c1-3-5-7-9-11-13-15-17-19-21-23-25-27-29-28-26-24-22-20-18-16-14-12-10-8-6-4-2;3-1-2-4;8*1-2/h3-28H2,1-2H3;3-4H,1-2H2;8*1-2H2. The Balaban J connectivity index is -0.0000000798. The zero-order chi connectivity index (χ0) is 40.5. The van der Waals surface area contributed by atoms with Crippen molar-refractivity contribution < 1.29 is 14.9 Å². The van der Waals surface area contributed by atoms with Crippen LogP contribution in [0.5, 0.6) is 0 Å². The first kappa shape index (κ1) is 72.5. The average molecular weight is 697 g/mol. The van der Waals surface area contributed by atoms with Crippen molar-refractivity contribution in [2.75, 3.05) is 26.4 Å². The largest absolute Gasteiger partial charge is 0.394 e. The highest BCUT2D eigenvalue weighted by molar-refractivity contribution is 4.50. The monoisotopic (exact) mass is 697 g/mol. The van der Waals surface area contributed by atoms with Gasteiger partial charge < -0.3 is 14.9 Å². The summed E-state index contributed by atoms with van der Waals surface area (Å²) in [4.78, 5) is 0. The maximum absolute atomic E-state index is 7.62. The van der Waals surface area contributed by atoms with Crippen molar-refractivity contribution in [3.05, 3.63) is 105 Å². The van der Waals surface area contributed by atoms with Gasteiger partial charge >= 0.3 is 0 Å². The minimum atomic E-state index is -0.125. The van der Waals surface area contributed by atoms with Gasteiger partial charge in [0.25, 0.3) is 0 Å². The number of hydrogen-bond donors (Lipinski definition) is 2. The van der Waals surface area contributed by atoms with E-state index in [1.807, 2.05) is 0 Å². The first-order chi connectivity index (χ1) is 24.3. The smallest absolute Gasteiger partial charge is 0.0662 e. The number of hydrogen-bond acceptors (Lipinski definition) is 3. The molecule has 0 radical (unpaired) electrons. The molecule has 0 heterocycles. The van der Waals surface area contributed by atoms with Crippen LogP contribution < -0.4 is 0 Å². The fraction of sp³-hybridized carbons (Fsp3) is 0.652. The van der Waals surface area contributed by atoms with Crippen molar-refractivity contribution >= 4 is 0 Å². The second-order valence-electron chi connectivity index (χ2n) is 9.84. The van der Waals surface area contributed by atoms with Gasteiger partial charge in [-0.1, -0.05) is 155 Å². The third-order valence-corrected chi connectivity index (χ3v) is 6.38. The van der Waals surface area contributed by atoms with Gasteiger partial charge in [0.2, 0.25) is 0 Å². The summed E-state index contributed by atoms with van der Waals surface area (Å²) >= 11 is 0. The van der Waals surface area contributed by atoms with E-state index in [9.17, 15) is 0 Å². The van der Waals surface area contributed by atoms with E-state index in [4.69, 9.17) is 14.9 Å². The third kappa shape index (κ3) is 143. The summed E-state index contributed by atoms with van der Waals surface area (Å²) in [5, 5.41) is 15.2. The SMILES string of the molecule is C=C.C=C.C=C.C=C.C=C.C=C.C=C.C=C.CCCCCCCCCCCCCCOCCCCCCCCCCCCCC.OCCO. The lowest BCUT2D eigenvalue weighted by molar-refractivity contribution is 0.125. The molecule has 0 amide bonds. The van der Waals surface area contributed by atoms with E-state index in [2.05, 4.69) is 119 Å². The Morgan fingerprint density at radius 2 is 0.408 bits per heavy atom. The fourth-order valence-corrected chi connectivity index (χ4v) is 4.19. The zero-order valence-corrected chi connectivity index (χ0v) is 34.4. The Morgan fingerprint density at radius 3 is 0.551 bits per heavy atom. The Bertz CT molecular complexity index is 350. The second kappa shape index (κ2) is 128. The maximum Gasteiger partial charge on any atom is 0.0662 e. The van der Waals surface area contributed by atoms with Crippen molar-refractivity contribution in [3.8, 4) is 0 Å². The molecular formula is C46H96O3. The Kier molecular flexibility index (Phi) is 189. The van der Waals surface area contributed by atoms with E-state index in [1.54, 1.807) is 0 Å². The third-order valence-electron chi connectivity index (χ3n) is 6.38. The van der Waals surface area contributed by atoms with Crippen LogP contribution in [0.2, 0.25) is 0 Å². The molecule has 0 saturated carbocycles. The number of aliphatic hydroxyl groups is 2. The van der Waals surface area contributed by atoms with Crippen LogP contribution in [-0.4, -0.2) is 36.6 Å². The average Bonchev–Trinajstić information content (AvgIpc) is 3.21. The Labute approximate surface area is 313 Å². The molecule has 0 aromatic heterocycles. The fourth-order valence-electron chi connectivity index (χ4n) is 4.19. The highest BCUT2D eigenvalue weighted by atomic mass is 16.5. The molecule has 0 unspecified atom stereocenters.